The number of hydrogen-bond acceptors (Lipinski definition) is 7. The average molecular weight is 506 g/mol. The topological polar surface area (TPSA) is 81.6 Å². The van der Waals surface area contributed by atoms with Gasteiger partial charge < -0.3 is 14.4 Å². The van der Waals surface area contributed by atoms with E-state index in [1.165, 1.54) is 24.3 Å². The zero-order valence-electron chi connectivity index (χ0n) is 19.9. The maximum atomic E-state index is 14.9. The number of fused-ring (bicyclic) bond motifs is 1. The molecule has 0 saturated carbocycles. The average Bonchev–Trinajstić information content (AvgIpc) is 3.28. The minimum atomic E-state index is -0.537. The van der Waals surface area contributed by atoms with Crippen molar-refractivity contribution in [2.75, 3.05) is 20.2 Å². The van der Waals surface area contributed by atoms with Gasteiger partial charge in [-0.25, -0.2) is 4.39 Å². The maximum absolute atomic E-state index is 14.9. The SMILES string of the molecule is COc1ccc(-c2cc3nccc(Oc4ccc(CC(=O)CC5CN(C(C)=O)C5)cc4F)c3s2)nc1. The van der Waals surface area contributed by atoms with Crippen LogP contribution in [0.1, 0.15) is 18.9 Å². The summed E-state index contributed by atoms with van der Waals surface area (Å²) < 4.78 is 26.8. The number of Topliss-reactive ketones (excluding diaryl/α,β-unsaturated/α-hetero) is 1. The van der Waals surface area contributed by atoms with Gasteiger partial charge in [0, 0.05) is 51.0 Å². The van der Waals surface area contributed by atoms with Crippen LogP contribution in [-0.2, 0) is 16.0 Å². The third-order valence-electron chi connectivity index (χ3n) is 6.14. The molecule has 0 aliphatic carbocycles. The number of thiophene rings is 1. The first-order chi connectivity index (χ1) is 17.4. The van der Waals surface area contributed by atoms with Crippen LogP contribution in [0.25, 0.3) is 20.8 Å². The Bertz CT molecular complexity index is 1430. The normalized spacial score (nSPS) is 13.5. The van der Waals surface area contributed by atoms with Crippen molar-refractivity contribution in [3.63, 3.8) is 0 Å². The number of pyridine rings is 2. The predicted octanol–water partition coefficient (Wildman–Crippen LogP) is 5.28. The Balaban J connectivity index is 1.28. The molecule has 1 aromatic carbocycles. The lowest BCUT2D eigenvalue weighted by atomic mass is 9.92. The molecule has 7 nitrogen and oxygen atoms in total. The molecule has 1 aliphatic rings. The Morgan fingerprint density at radius 2 is 1.94 bits per heavy atom. The molecule has 0 spiro atoms. The summed E-state index contributed by atoms with van der Waals surface area (Å²) in [7, 11) is 1.59. The van der Waals surface area contributed by atoms with Crippen LogP contribution in [0.2, 0.25) is 0 Å². The summed E-state index contributed by atoms with van der Waals surface area (Å²) in [4.78, 5) is 35.1. The van der Waals surface area contributed by atoms with Crippen molar-refractivity contribution in [3.05, 3.63) is 66.2 Å². The summed E-state index contributed by atoms with van der Waals surface area (Å²) in [5, 5.41) is 0. The third-order valence-corrected chi connectivity index (χ3v) is 7.30. The molecule has 1 fully saturated rings. The largest absolute Gasteiger partial charge is 0.495 e. The fraction of sp³-hybridized carbons (Fsp3) is 0.259. The Kier molecular flexibility index (Phi) is 6.65. The van der Waals surface area contributed by atoms with Gasteiger partial charge in [-0.1, -0.05) is 6.07 Å². The Morgan fingerprint density at radius 3 is 2.64 bits per heavy atom. The highest BCUT2D eigenvalue weighted by Gasteiger charge is 2.30. The van der Waals surface area contributed by atoms with E-state index >= 15 is 0 Å². The predicted molar refractivity (Wildman–Crippen MR) is 135 cm³/mol. The number of carbonyl (C=O) groups is 2. The van der Waals surface area contributed by atoms with Crippen molar-refractivity contribution in [1.29, 1.82) is 0 Å². The monoisotopic (exact) mass is 505 g/mol. The second-order valence-corrected chi connectivity index (χ2v) is 9.85. The van der Waals surface area contributed by atoms with E-state index < -0.39 is 5.82 Å². The first-order valence-electron chi connectivity index (χ1n) is 11.5. The summed E-state index contributed by atoms with van der Waals surface area (Å²) in [6.07, 6.45) is 3.81. The number of carbonyl (C=O) groups excluding carboxylic acids is 2. The molecule has 1 amide bonds. The number of hydrogen-bond donors (Lipinski definition) is 0. The first-order valence-corrected chi connectivity index (χ1v) is 12.3. The zero-order chi connectivity index (χ0) is 25.2. The maximum Gasteiger partial charge on any atom is 0.219 e. The molecule has 9 heteroatoms. The Labute approximate surface area is 211 Å². The van der Waals surface area contributed by atoms with E-state index in [1.807, 2.05) is 18.2 Å². The number of methoxy groups -OCH3 is 1. The van der Waals surface area contributed by atoms with Crippen LogP contribution >= 0.6 is 11.3 Å². The Hall–Kier alpha value is -3.85. The van der Waals surface area contributed by atoms with E-state index in [1.54, 1.807) is 42.6 Å². The summed E-state index contributed by atoms with van der Waals surface area (Å²) in [5.41, 5.74) is 2.10. The van der Waals surface area contributed by atoms with E-state index in [-0.39, 0.29) is 29.8 Å². The fourth-order valence-corrected chi connectivity index (χ4v) is 5.24. The zero-order valence-corrected chi connectivity index (χ0v) is 20.7. The van der Waals surface area contributed by atoms with E-state index in [0.717, 1.165) is 20.8 Å². The summed E-state index contributed by atoms with van der Waals surface area (Å²) in [5.74, 6) is 0.950. The lowest BCUT2D eigenvalue weighted by Gasteiger charge is -2.38. The number of halogens is 1. The van der Waals surface area contributed by atoms with Crippen molar-refractivity contribution in [3.8, 4) is 27.8 Å². The summed E-state index contributed by atoms with van der Waals surface area (Å²) in [6.45, 7) is 2.75. The van der Waals surface area contributed by atoms with Gasteiger partial charge in [0.25, 0.3) is 0 Å². The molecule has 184 valence electrons. The number of likely N-dealkylation sites (tertiary alicyclic amines) is 1. The van der Waals surface area contributed by atoms with Crippen molar-refractivity contribution in [2.45, 2.75) is 19.8 Å². The van der Waals surface area contributed by atoms with Crippen LogP contribution in [-0.4, -0.2) is 46.8 Å². The molecule has 0 atom stereocenters. The number of ether oxygens (including phenoxy) is 2. The summed E-state index contributed by atoms with van der Waals surface area (Å²) in [6, 6.07) is 11.9. The van der Waals surface area contributed by atoms with Crippen LogP contribution in [0.4, 0.5) is 4.39 Å². The molecule has 0 radical (unpaired) electrons. The number of aromatic nitrogens is 2. The van der Waals surface area contributed by atoms with Gasteiger partial charge in [0.2, 0.25) is 5.91 Å². The van der Waals surface area contributed by atoms with E-state index in [2.05, 4.69) is 9.97 Å². The molecule has 0 bridgehead atoms. The third kappa shape index (κ3) is 5.06. The number of benzene rings is 1. The number of ketones is 1. The molecule has 1 saturated heterocycles. The molecular weight excluding hydrogens is 481 g/mol. The Morgan fingerprint density at radius 1 is 1.11 bits per heavy atom. The first kappa shape index (κ1) is 23.9. The minimum absolute atomic E-state index is 0.0269. The highest BCUT2D eigenvalue weighted by atomic mass is 32.1. The molecule has 0 N–H and O–H groups in total. The smallest absolute Gasteiger partial charge is 0.219 e. The number of rotatable bonds is 8. The lowest BCUT2D eigenvalue weighted by molar-refractivity contribution is -0.137. The minimum Gasteiger partial charge on any atom is -0.495 e. The van der Waals surface area contributed by atoms with Gasteiger partial charge in [0.05, 0.1) is 34.1 Å². The van der Waals surface area contributed by atoms with Crippen molar-refractivity contribution < 1.29 is 23.5 Å². The van der Waals surface area contributed by atoms with Crippen LogP contribution < -0.4 is 9.47 Å². The lowest BCUT2D eigenvalue weighted by Crippen LogP contribution is -2.49. The molecule has 5 rings (SSSR count). The second-order valence-electron chi connectivity index (χ2n) is 8.79. The molecule has 3 aromatic heterocycles. The highest BCUT2D eigenvalue weighted by Crippen LogP contribution is 2.39. The quantitative estimate of drug-likeness (QED) is 0.324. The summed E-state index contributed by atoms with van der Waals surface area (Å²) >= 11 is 1.46. The van der Waals surface area contributed by atoms with Crippen LogP contribution in [0, 0.1) is 11.7 Å². The van der Waals surface area contributed by atoms with Crippen molar-refractivity contribution >= 4 is 33.2 Å². The van der Waals surface area contributed by atoms with Gasteiger partial charge in [-0.05, 0) is 35.9 Å². The molecular formula is C27H24FN3O4S. The number of amides is 1. The van der Waals surface area contributed by atoms with Crippen molar-refractivity contribution in [1.82, 2.24) is 14.9 Å². The van der Waals surface area contributed by atoms with Crippen molar-refractivity contribution in [2.24, 2.45) is 5.92 Å². The number of nitrogens with zero attached hydrogens (tertiary/aromatic N) is 3. The standard InChI is InChI=1S/C27H24FN3O4S/c1-16(32)31-14-18(15-31)10-19(33)9-17-3-6-24(21(28)11-17)35-25-7-8-29-23-12-26(36-27(23)25)22-5-4-20(34-2)13-30-22/h3-8,11-13,18H,9-10,14-15H2,1-2H3. The van der Waals surface area contributed by atoms with Gasteiger partial charge in [-0.3, -0.25) is 19.6 Å². The van der Waals surface area contributed by atoms with Gasteiger partial charge in [0.15, 0.2) is 11.6 Å². The van der Waals surface area contributed by atoms with E-state index in [4.69, 9.17) is 9.47 Å². The van der Waals surface area contributed by atoms with Gasteiger partial charge in [-0.15, -0.1) is 11.3 Å². The van der Waals surface area contributed by atoms with Crippen LogP contribution in [0.5, 0.6) is 17.2 Å². The molecule has 0 unspecified atom stereocenters. The van der Waals surface area contributed by atoms with Gasteiger partial charge in [-0.2, -0.15) is 0 Å². The van der Waals surface area contributed by atoms with Crippen LogP contribution in [0.15, 0.2) is 54.9 Å². The second kappa shape index (κ2) is 10.0. The fourth-order valence-electron chi connectivity index (χ4n) is 4.20. The van der Waals surface area contributed by atoms with Gasteiger partial charge in [0.1, 0.15) is 17.3 Å². The van der Waals surface area contributed by atoms with E-state index in [0.29, 0.717) is 36.6 Å². The molecule has 4 aromatic rings. The molecule has 4 heterocycles. The molecule has 36 heavy (non-hydrogen) atoms. The highest BCUT2D eigenvalue weighted by molar-refractivity contribution is 7.22. The van der Waals surface area contributed by atoms with Crippen LogP contribution in [0.3, 0.4) is 0 Å². The van der Waals surface area contributed by atoms with E-state index in [9.17, 15) is 14.0 Å². The molecule has 1 aliphatic heterocycles. The van der Waals surface area contributed by atoms with Gasteiger partial charge >= 0.3 is 0 Å².